The molecular weight excluding hydrogens is 328 g/mol. The number of likely N-dealkylation sites (tertiary alicyclic amines) is 1. The molecule has 1 amide bonds. The second-order valence-corrected chi connectivity index (χ2v) is 6.91. The molecule has 6 heteroatoms. The number of amides is 1. The monoisotopic (exact) mass is 356 g/mol. The lowest BCUT2D eigenvalue weighted by molar-refractivity contribution is -0.121. The standard InChI is InChI=1S/C20H28N4O2/c1-3-24-13-7-9-16(24)14-21-18(25)11-6-12-19-22-20(23-26-19)17-10-5-4-8-15(17)2/h4-5,8,10,16H,3,6-7,9,11-14H2,1-2H3,(H,21,25)/t16-/m1/s1. The van der Waals surface area contributed by atoms with Gasteiger partial charge in [0.2, 0.25) is 17.6 Å². The molecule has 1 N–H and O–H groups in total. The van der Waals surface area contributed by atoms with Gasteiger partial charge in [0.25, 0.3) is 0 Å². The van der Waals surface area contributed by atoms with Crippen molar-refractivity contribution in [2.75, 3.05) is 19.6 Å². The number of carbonyl (C=O) groups excluding carboxylic acids is 1. The number of nitrogens with one attached hydrogen (secondary N) is 1. The van der Waals surface area contributed by atoms with Crippen LogP contribution in [0, 0.1) is 6.92 Å². The molecule has 1 aliphatic rings. The number of aryl methyl sites for hydroxylation is 2. The SMILES string of the molecule is CCN1CCC[C@@H]1CNC(=O)CCCc1nc(-c2ccccc2C)no1. The molecule has 0 unspecified atom stereocenters. The Morgan fingerprint density at radius 3 is 3.04 bits per heavy atom. The van der Waals surface area contributed by atoms with Crippen LogP contribution in [-0.4, -0.2) is 46.6 Å². The topological polar surface area (TPSA) is 71.3 Å². The summed E-state index contributed by atoms with van der Waals surface area (Å²) in [5.41, 5.74) is 2.10. The molecule has 1 aliphatic heterocycles. The Labute approximate surface area is 155 Å². The number of carbonyl (C=O) groups is 1. The Hall–Kier alpha value is -2.21. The van der Waals surface area contributed by atoms with E-state index in [2.05, 4.69) is 27.3 Å². The maximum atomic E-state index is 12.1. The summed E-state index contributed by atoms with van der Waals surface area (Å²) in [6, 6.07) is 8.47. The fourth-order valence-electron chi connectivity index (χ4n) is 3.55. The Kier molecular flexibility index (Phi) is 6.39. The van der Waals surface area contributed by atoms with Crippen LogP contribution in [0.5, 0.6) is 0 Å². The second-order valence-electron chi connectivity index (χ2n) is 6.91. The predicted octanol–water partition coefficient (Wildman–Crippen LogP) is 2.97. The highest BCUT2D eigenvalue weighted by Gasteiger charge is 2.23. The van der Waals surface area contributed by atoms with E-state index in [1.54, 1.807) is 0 Å². The van der Waals surface area contributed by atoms with Gasteiger partial charge < -0.3 is 9.84 Å². The third-order valence-corrected chi connectivity index (χ3v) is 5.09. The highest BCUT2D eigenvalue weighted by molar-refractivity contribution is 5.75. The van der Waals surface area contributed by atoms with Gasteiger partial charge in [-0.15, -0.1) is 0 Å². The first-order valence-corrected chi connectivity index (χ1v) is 9.56. The van der Waals surface area contributed by atoms with Gasteiger partial charge in [-0.2, -0.15) is 4.98 Å². The van der Waals surface area contributed by atoms with Crippen LogP contribution in [0.3, 0.4) is 0 Å². The van der Waals surface area contributed by atoms with E-state index in [1.165, 1.54) is 12.8 Å². The molecule has 1 atom stereocenters. The molecular formula is C20H28N4O2. The lowest BCUT2D eigenvalue weighted by Crippen LogP contribution is -2.39. The highest BCUT2D eigenvalue weighted by atomic mass is 16.5. The number of aromatic nitrogens is 2. The summed E-state index contributed by atoms with van der Waals surface area (Å²) in [6.45, 7) is 7.17. The number of hydrogen-bond donors (Lipinski definition) is 1. The zero-order valence-corrected chi connectivity index (χ0v) is 15.7. The predicted molar refractivity (Wildman–Crippen MR) is 101 cm³/mol. The molecule has 0 spiro atoms. The Bertz CT molecular complexity index is 728. The fraction of sp³-hybridized carbons (Fsp3) is 0.550. The van der Waals surface area contributed by atoms with Gasteiger partial charge in [0, 0.05) is 31.0 Å². The van der Waals surface area contributed by atoms with Crippen molar-refractivity contribution in [1.82, 2.24) is 20.4 Å². The molecule has 0 bridgehead atoms. The van der Waals surface area contributed by atoms with E-state index in [9.17, 15) is 4.79 Å². The van der Waals surface area contributed by atoms with Crippen LogP contribution >= 0.6 is 0 Å². The van der Waals surface area contributed by atoms with Crippen LogP contribution in [0.25, 0.3) is 11.4 Å². The van der Waals surface area contributed by atoms with Gasteiger partial charge in [0.05, 0.1) is 0 Å². The third-order valence-electron chi connectivity index (χ3n) is 5.09. The van der Waals surface area contributed by atoms with Crippen molar-refractivity contribution >= 4 is 5.91 Å². The molecule has 2 heterocycles. The van der Waals surface area contributed by atoms with E-state index >= 15 is 0 Å². The zero-order valence-electron chi connectivity index (χ0n) is 15.7. The van der Waals surface area contributed by atoms with Crippen molar-refractivity contribution in [3.8, 4) is 11.4 Å². The smallest absolute Gasteiger partial charge is 0.226 e. The van der Waals surface area contributed by atoms with E-state index in [1.807, 2.05) is 31.2 Å². The van der Waals surface area contributed by atoms with Crippen molar-refractivity contribution < 1.29 is 9.32 Å². The van der Waals surface area contributed by atoms with Gasteiger partial charge in [-0.25, -0.2) is 0 Å². The van der Waals surface area contributed by atoms with E-state index in [4.69, 9.17) is 4.52 Å². The van der Waals surface area contributed by atoms with Crippen molar-refractivity contribution in [1.29, 1.82) is 0 Å². The molecule has 6 nitrogen and oxygen atoms in total. The fourth-order valence-corrected chi connectivity index (χ4v) is 3.55. The average molecular weight is 356 g/mol. The van der Waals surface area contributed by atoms with E-state index < -0.39 is 0 Å². The minimum absolute atomic E-state index is 0.103. The minimum Gasteiger partial charge on any atom is -0.355 e. The Morgan fingerprint density at radius 2 is 2.23 bits per heavy atom. The van der Waals surface area contributed by atoms with Crippen LogP contribution in [0.1, 0.15) is 44.1 Å². The molecule has 1 aromatic carbocycles. The summed E-state index contributed by atoms with van der Waals surface area (Å²) in [5.74, 6) is 1.30. The molecule has 140 valence electrons. The summed E-state index contributed by atoms with van der Waals surface area (Å²) in [6.07, 6.45) is 4.23. The number of nitrogens with zero attached hydrogens (tertiary/aromatic N) is 3. The van der Waals surface area contributed by atoms with Crippen LogP contribution in [-0.2, 0) is 11.2 Å². The molecule has 1 aromatic heterocycles. The number of likely N-dealkylation sites (N-methyl/N-ethyl adjacent to an activating group) is 1. The van der Waals surface area contributed by atoms with Crippen LogP contribution in [0.4, 0.5) is 0 Å². The summed E-state index contributed by atoms with van der Waals surface area (Å²) in [4.78, 5) is 18.9. The lowest BCUT2D eigenvalue weighted by atomic mass is 10.1. The molecule has 1 saturated heterocycles. The second kappa shape index (κ2) is 8.94. The molecule has 3 rings (SSSR count). The number of rotatable bonds is 8. The number of hydrogen-bond acceptors (Lipinski definition) is 5. The first kappa shape index (κ1) is 18.6. The molecule has 26 heavy (non-hydrogen) atoms. The van der Waals surface area contributed by atoms with Crippen molar-refractivity contribution in [3.63, 3.8) is 0 Å². The van der Waals surface area contributed by atoms with E-state index in [0.29, 0.717) is 37.0 Å². The zero-order chi connectivity index (χ0) is 18.4. The van der Waals surface area contributed by atoms with Crippen LogP contribution < -0.4 is 5.32 Å². The Morgan fingerprint density at radius 1 is 1.38 bits per heavy atom. The molecule has 0 aliphatic carbocycles. The van der Waals surface area contributed by atoms with Crippen molar-refractivity contribution in [3.05, 3.63) is 35.7 Å². The summed E-state index contributed by atoms with van der Waals surface area (Å²) >= 11 is 0. The van der Waals surface area contributed by atoms with Gasteiger partial charge in [0.15, 0.2) is 0 Å². The Balaban J connectivity index is 1.41. The largest absolute Gasteiger partial charge is 0.355 e. The third kappa shape index (κ3) is 4.69. The van der Waals surface area contributed by atoms with E-state index in [0.717, 1.165) is 30.8 Å². The van der Waals surface area contributed by atoms with Gasteiger partial charge in [-0.3, -0.25) is 9.69 Å². The lowest BCUT2D eigenvalue weighted by Gasteiger charge is -2.22. The maximum absolute atomic E-state index is 12.1. The minimum atomic E-state index is 0.103. The average Bonchev–Trinajstić information content (AvgIpc) is 3.29. The number of benzene rings is 1. The first-order valence-electron chi connectivity index (χ1n) is 9.56. The molecule has 1 fully saturated rings. The van der Waals surface area contributed by atoms with Crippen LogP contribution in [0.15, 0.2) is 28.8 Å². The van der Waals surface area contributed by atoms with Gasteiger partial charge in [0.1, 0.15) is 0 Å². The van der Waals surface area contributed by atoms with Gasteiger partial charge in [-0.1, -0.05) is 36.3 Å². The highest BCUT2D eigenvalue weighted by Crippen LogP contribution is 2.20. The summed E-state index contributed by atoms with van der Waals surface area (Å²) in [7, 11) is 0. The molecule has 2 aromatic rings. The van der Waals surface area contributed by atoms with Gasteiger partial charge in [-0.05, 0) is 44.8 Å². The van der Waals surface area contributed by atoms with Crippen LogP contribution in [0.2, 0.25) is 0 Å². The van der Waals surface area contributed by atoms with Crippen molar-refractivity contribution in [2.24, 2.45) is 0 Å². The van der Waals surface area contributed by atoms with E-state index in [-0.39, 0.29) is 5.91 Å². The molecule has 0 saturated carbocycles. The van der Waals surface area contributed by atoms with Crippen molar-refractivity contribution in [2.45, 2.75) is 52.0 Å². The maximum Gasteiger partial charge on any atom is 0.226 e. The summed E-state index contributed by atoms with van der Waals surface area (Å²) in [5, 5.41) is 7.13. The first-order chi connectivity index (χ1) is 12.7. The normalized spacial score (nSPS) is 17.5. The summed E-state index contributed by atoms with van der Waals surface area (Å²) < 4.78 is 5.33. The van der Waals surface area contributed by atoms with Gasteiger partial charge >= 0.3 is 0 Å². The molecule has 0 radical (unpaired) electrons. The quantitative estimate of drug-likeness (QED) is 0.787.